The number of methoxy groups -OCH3 is 1. The van der Waals surface area contributed by atoms with E-state index in [1.807, 2.05) is 7.11 Å². The third kappa shape index (κ3) is 3.72. The topological polar surface area (TPSA) is 24.5 Å². The lowest BCUT2D eigenvalue weighted by Crippen LogP contribution is -2.46. The zero-order valence-corrected chi connectivity index (χ0v) is 15.0. The van der Waals surface area contributed by atoms with Crippen LogP contribution in [0.4, 0.5) is 0 Å². The smallest absolute Gasteiger partial charge is 0.123 e. The number of hydrogen-bond donors (Lipinski definition) is 1. The van der Waals surface area contributed by atoms with E-state index in [1.54, 1.807) is 0 Å². The highest BCUT2D eigenvalue weighted by atomic mass is 16.5. The summed E-state index contributed by atoms with van der Waals surface area (Å²) in [6, 6.07) is 7.37. The molecule has 23 heavy (non-hydrogen) atoms. The fourth-order valence-electron chi connectivity index (χ4n) is 4.33. The van der Waals surface area contributed by atoms with Gasteiger partial charge in [-0.2, -0.15) is 0 Å². The highest BCUT2D eigenvalue weighted by Crippen LogP contribution is 2.43. The lowest BCUT2D eigenvalue weighted by molar-refractivity contribution is 0.123. The molecule has 1 aromatic rings. The number of benzene rings is 1. The van der Waals surface area contributed by atoms with Crippen LogP contribution in [0.15, 0.2) is 18.2 Å². The number of nitrogens with one attached hydrogen (secondary N) is 1. The van der Waals surface area contributed by atoms with Gasteiger partial charge in [0.25, 0.3) is 0 Å². The van der Waals surface area contributed by atoms with Crippen LogP contribution in [0.5, 0.6) is 5.75 Å². The molecular formula is C20H32N2O. The van der Waals surface area contributed by atoms with E-state index in [9.17, 15) is 0 Å². The molecule has 0 aromatic heterocycles. The van der Waals surface area contributed by atoms with Crippen LogP contribution in [-0.4, -0.2) is 38.2 Å². The summed E-state index contributed by atoms with van der Waals surface area (Å²) >= 11 is 0. The number of rotatable bonds is 5. The van der Waals surface area contributed by atoms with Gasteiger partial charge >= 0.3 is 0 Å². The molecule has 1 aliphatic carbocycles. The van der Waals surface area contributed by atoms with Crippen molar-refractivity contribution in [3.63, 3.8) is 0 Å². The summed E-state index contributed by atoms with van der Waals surface area (Å²) in [6.45, 7) is 9.07. The fourth-order valence-corrected chi connectivity index (χ4v) is 4.33. The van der Waals surface area contributed by atoms with Crippen molar-refractivity contribution in [2.75, 3.05) is 33.3 Å². The van der Waals surface area contributed by atoms with Crippen molar-refractivity contribution in [1.82, 2.24) is 10.2 Å². The molecule has 1 aliphatic heterocycles. The van der Waals surface area contributed by atoms with Crippen molar-refractivity contribution < 1.29 is 4.74 Å². The van der Waals surface area contributed by atoms with E-state index < -0.39 is 0 Å². The van der Waals surface area contributed by atoms with Gasteiger partial charge in [-0.1, -0.05) is 38.8 Å². The number of ether oxygens (including phenoxy) is 1. The third-order valence-corrected chi connectivity index (χ3v) is 5.63. The second kappa shape index (κ2) is 7.67. The SMILES string of the molecule is COc1ccc(C(C)C)cc1[C@H](C1CCCC1)N1CCNCC1. The van der Waals surface area contributed by atoms with Crippen LogP contribution >= 0.6 is 0 Å². The molecule has 1 N–H and O–H groups in total. The van der Waals surface area contributed by atoms with Gasteiger partial charge in [0, 0.05) is 37.8 Å². The molecule has 0 unspecified atom stereocenters. The summed E-state index contributed by atoms with van der Waals surface area (Å²) in [5, 5.41) is 3.50. The zero-order chi connectivity index (χ0) is 16.2. The number of hydrogen-bond acceptors (Lipinski definition) is 3. The van der Waals surface area contributed by atoms with Gasteiger partial charge in [-0.3, -0.25) is 4.90 Å². The average molecular weight is 316 g/mol. The summed E-state index contributed by atoms with van der Waals surface area (Å²) in [5.74, 6) is 2.42. The summed E-state index contributed by atoms with van der Waals surface area (Å²) in [5.41, 5.74) is 2.85. The molecule has 1 saturated heterocycles. The zero-order valence-electron chi connectivity index (χ0n) is 15.0. The van der Waals surface area contributed by atoms with Crippen molar-refractivity contribution in [2.45, 2.75) is 51.5 Å². The van der Waals surface area contributed by atoms with Crippen LogP contribution < -0.4 is 10.1 Å². The lowest BCUT2D eigenvalue weighted by atomic mass is 9.87. The van der Waals surface area contributed by atoms with Gasteiger partial charge in [0.15, 0.2) is 0 Å². The first kappa shape index (κ1) is 16.8. The van der Waals surface area contributed by atoms with Crippen LogP contribution in [0.1, 0.15) is 62.6 Å². The Bertz CT molecular complexity index is 502. The van der Waals surface area contributed by atoms with Crippen molar-refractivity contribution in [1.29, 1.82) is 0 Å². The van der Waals surface area contributed by atoms with Gasteiger partial charge in [0.1, 0.15) is 5.75 Å². The van der Waals surface area contributed by atoms with E-state index in [2.05, 4.69) is 42.3 Å². The van der Waals surface area contributed by atoms with Gasteiger partial charge < -0.3 is 10.1 Å². The molecule has 3 heteroatoms. The van der Waals surface area contributed by atoms with Crippen molar-refractivity contribution in [3.8, 4) is 5.75 Å². The Morgan fingerprint density at radius 1 is 1.13 bits per heavy atom. The van der Waals surface area contributed by atoms with Gasteiger partial charge in [0.05, 0.1) is 7.11 Å². The Labute approximate surface area is 141 Å². The van der Waals surface area contributed by atoms with Crippen LogP contribution in [-0.2, 0) is 0 Å². The Morgan fingerprint density at radius 3 is 2.43 bits per heavy atom. The maximum Gasteiger partial charge on any atom is 0.123 e. The fraction of sp³-hybridized carbons (Fsp3) is 0.700. The first-order valence-electron chi connectivity index (χ1n) is 9.33. The van der Waals surface area contributed by atoms with E-state index in [0.717, 1.165) is 37.8 Å². The summed E-state index contributed by atoms with van der Waals surface area (Å²) in [7, 11) is 1.82. The Balaban J connectivity index is 1.98. The van der Waals surface area contributed by atoms with Crippen LogP contribution in [0.2, 0.25) is 0 Å². The van der Waals surface area contributed by atoms with Gasteiger partial charge in [-0.25, -0.2) is 0 Å². The molecule has 0 amide bonds. The number of piperazine rings is 1. The predicted molar refractivity (Wildman–Crippen MR) is 96.2 cm³/mol. The minimum atomic E-state index is 0.522. The molecule has 0 spiro atoms. The lowest BCUT2D eigenvalue weighted by Gasteiger charge is -2.39. The molecule has 0 radical (unpaired) electrons. The molecule has 2 aliphatic rings. The predicted octanol–water partition coefficient (Wildman–Crippen LogP) is 3.96. The average Bonchev–Trinajstić information content (AvgIpc) is 3.10. The van der Waals surface area contributed by atoms with E-state index in [1.165, 1.54) is 36.8 Å². The molecule has 1 aromatic carbocycles. The summed E-state index contributed by atoms with van der Waals surface area (Å²) < 4.78 is 5.77. The molecule has 1 saturated carbocycles. The van der Waals surface area contributed by atoms with Crippen molar-refractivity contribution in [3.05, 3.63) is 29.3 Å². The summed E-state index contributed by atoms with van der Waals surface area (Å²) in [6.07, 6.45) is 5.51. The molecule has 3 rings (SSSR count). The van der Waals surface area contributed by atoms with Crippen molar-refractivity contribution >= 4 is 0 Å². The normalized spacial score (nSPS) is 21.7. The van der Waals surface area contributed by atoms with E-state index in [-0.39, 0.29) is 0 Å². The maximum absolute atomic E-state index is 5.77. The maximum atomic E-state index is 5.77. The third-order valence-electron chi connectivity index (χ3n) is 5.63. The molecule has 128 valence electrons. The Hall–Kier alpha value is -1.06. The van der Waals surface area contributed by atoms with Gasteiger partial charge in [-0.05, 0) is 36.3 Å². The standard InChI is InChI=1S/C20H32N2O/c1-15(2)17-8-9-19(23-3)18(14-17)20(16-6-4-5-7-16)22-12-10-21-11-13-22/h8-9,14-16,20-21H,4-7,10-13H2,1-3H3/t20-/m0/s1. The summed E-state index contributed by atoms with van der Waals surface area (Å²) in [4.78, 5) is 2.70. The molecule has 2 fully saturated rings. The van der Waals surface area contributed by atoms with Crippen LogP contribution in [0.25, 0.3) is 0 Å². The highest BCUT2D eigenvalue weighted by Gasteiger charge is 2.33. The molecular weight excluding hydrogens is 284 g/mol. The van der Waals surface area contributed by atoms with E-state index in [0.29, 0.717) is 12.0 Å². The minimum Gasteiger partial charge on any atom is -0.496 e. The highest BCUT2D eigenvalue weighted by molar-refractivity contribution is 5.41. The minimum absolute atomic E-state index is 0.522. The van der Waals surface area contributed by atoms with Gasteiger partial charge in [-0.15, -0.1) is 0 Å². The van der Waals surface area contributed by atoms with Crippen LogP contribution in [0.3, 0.4) is 0 Å². The van der Waals surface area contributed by atoms with E-state index >= 15 is 0 Å². The first-order valence-corrected chi connectivity index (χ1v) is 9.33. The molecule has 1 heterocycles. The Kier molecular flexibility index (Phi) is 5.60. The van der Waals surface area contributed by atoms with Crippen LogP contribution in [0, 0.1) is 5.92 Å². The largest absolute Gasteiger partial charge is 0.496 e. The Morgan fingerprint density at radius 2 is 1.83 bits per heavy atom. The second-order valence-electron chi connectivity index (χ2n) is 7.43. The van der Waals surface area contributed by atoms with E-state index in [4.69, 9.17) is 4.74 Å². The quantitative estimate of drug-likeness (QED) is 0.890. The van der Waals surface area contributed by atoms with Crippen molar-refractivity contribution in [2.24, 2.45) is 5.92 Å². The monoisotopic (exact) mass is 316 g/mol. The van der Waals surface area contributed by atoms with Gasteiger partial charge in [0.2, 0.25) is 0 Å². The number of nitrogens with zero attached hydrogens (tertiary/aromatic N) is 1. The first-order chi connectivity index (χ1) is 11.2. The molecule has 1 atom stereocenters. The molecule has 0 bridgehead atoms. The second-order valence-corrected chi connectivity index (χ2v) is 7.43. The molecule has 3 nitrogen and oxygen atoms in total.